The topological polar surface area (TPSA) is 95.9 Å². The Labute approximate surface area is 407 Å². The average molecular weight is 918 g/mol. The molecule has 0 fully saturated rings. The third-order valence-corrected chi connectivity index (χ3v) is 12.1. The van der Waals surface area contributed by atoms with E-state index < -0.39 is 18.2 Å². The maximum absolute atomic E-state index is 13.2. The Kier molecular flexibility index (Phi) is 50.2. The van der Waals surface area contributed by atoms with E-state index >= 15 is 0 Å². The summed E-state index contributed by atoms with van der Waals surface area (Å²) in [7, 11) is 0. The van der Waals surface area contributed by atoms with Crippen LogP contribution in [0.4, 0.5) is 0 Å². The van der Waals surface area contributed by atoms with Crippen LogP contribution in [0.1, 0.15) is 245 Å². The number of unbranched alkanes of at least 4 members (excludes halogenated alkanes) is 25. The summed E-state index contributed by atoms with van der Waals surface area (Å²) in [5, 5.41) is 23.8. The Balaban J connectivity index is 4.68. The molecule has 0 rings (SSSR count). The highest BCUT2D eigenvalue weighted by molar-refractivity contribution is 5.77. The Morgan fingerprint density at radius 1 is 0.470 bits per heavy atom. The molecule has 3 unspecified atom stereocenters. The van der Waals surface area contributed by atoms with Gasteiger partial charge >= 0.3 is 5.97 Å². The van der Waals surface area contributed by atoms with Crippen molar-refractivity contribution in [2.24, 2.45) is 0 Å². The Morgan fingerprint density at radius 2 is 0.894 bits per heavy atom. The first-order valence-corrected chi connectivity index (χ1v) is 27.5. The largest absolute Gasteiger partial charge is 0.462 e. The van der Waals surface area contributed by atoms with E-state index in [4.69, 9.17) is 4.74 Å². The van der Waals surface area contributed by atoms with Gasteiger partial charge in [0.2, 0.25) is 5.91 Å². The maximum Gasteiger partial charge on any atom is 0.306 e. The molecule has 0 saturated heterocycles. The van der Waals surface area contributed by atoms with Crippen LogP contribution in [0, 0.1) is 0 Å². The molecule has 0 bridgehead atoms. The summed E-state index contributed by atoms with van der Waals surface area (Å²) in [4.78, 5) is 26.2. The van der Waals surface area contributed by atoms with Gasteiger partial charge in [-0.3, -0.25) is 9.59 Å². The number of aliphatic hydroxyl groups is 2. The summed E-state index contributed by atoms with van der Waals surface area (Å²) < 4.78 is 5.91. The number of aliphatic hydroxyl groups excluding tert-OH is 2. The van der Waals surface area contributed by atoms with E-state index in [9.17, 15) is 19.8 Å². The highest BCUT2D eigenvalue weighted by Crippen LogP contribution is 2.17. The number of nitrogens with one attached hydrogen (secondary N) is 1. The number of ether oxygens (including phenoxy) is 1. The summed E-state index contributed by atoms with van der Waals surface area (Å²) in [6.07, 6.45) is 70.4. The molecule has 0 spiro atoms. The molecule has 0 aliphatic heterocycles. The molecule has 66 heavy (non-hydrogen) atoms. The van der Waals surface area contributed by atoms with Gasteiger partial charge in [0, 0.05) is 6.42 Å². The number of rotatable bonds is 48. The van der Waals surface area contributed by atoms with Gasteiger partial charge in [-0.15, -0.1) is 0 Å². The molecular weight excluding hydrogens is 815 g/mol. The first kappa shape index (κ1) is 62.8. The summed E-state index contributed by atoms with van der Waals surface area (Å²) in [6.45, 7) is 6.30. The predicted molar refractivity (Wildman–Crippen MR) is 287 cm³/mol. The fourth-order valence-electron chi connectivity index (χ4n) is 7.91. The smallest absolute Gasteiger partial charge is 0.306 e. The zero-order valence-corrected chi connectivity index (χ0v) is 43.0. The van der Waals surface area contributed by atoms with Crippen molar-refractivity contribution in [3.05, 3.63) is 97.2 Å². The fourth-order valence-corrected chi connectivity index (χ4v) is 7.91. The van der Waals surface area contributed by atoms with E-state index in [0.717, 1.165) is 64.2 Å². The highest BCUT2D eigenvalue weighted by Gasteiger charge is 2.24. The van der Waals surface area contributed by atoms with Crippen LogP contribution in [0.2, 0.25) is 0 Å². The number of carbonyl (C=O) groups excluding carboxylic acids is 2. The van der Waals surface area contributed by atoms with Crippen LogP contribution >= 0.6 is 0 Å². The molecule has 0 aromatic rings. The molecule has 0 aromatic carbocycles. The highest BCUT2D eigenvalue weighted by atomic mass is 16.5. The maximum atomic E-state index is 13.2. The number of hydrogen-bond donors (Lipinski definition) is 3. The fraction of sp³-hybridized carbons (Fsp3) is 0.700. The molecule has 6 heteroatoms. The Bertz CT molecular complexity index is 1310. The molecule has 378 valence electrons. The normalized spacial score (nSPS) is 14.0. The zero-order chi connectivity index (χ0) is 48.1. The molecule has 0 saturated carbocycles. The van der Waals surface area contributed by atoms with Crippen molar-refractivity contribution in [1.29, 1.82) is 0 Å². The summed E-state index contributed by atoms with van der Waals surface area (Å²) in [5.41, 5.74) is 0. The number of amides is 1. The van der Waals surface area contributed by atoms with Gasteiger partial charge in [0.25, 0.3) is 0 Å². The van der Waals surface area contributed by atoms with Crippen molar-refractivity contribution in [2.45, 2.75) is 264 Å². The van der Waals surface area contributed by atoms with E-state index in [-0.39, 0.29) is 24.9 Å². The lowest BCUT2D eigenvalue weighted by molar-refractivity contribution is -0.151. The second-order valence-electron chi connectivity index (χ2n) is 18.4. The van der Waals surface area contributed by atoms with Gasteiger partial charge in [-0.05, 0) is 70.6 Å². The monoisotopic (exact) mass is 918 g/mol. The van der Waals surface area contributed by atoms with E-state index in [0.29, 0.717) is 19.3 Å². The minimum Gasteiger partial charge on any atom is -0.462 e. The lowest BCUT2D eigenvalue weighted by Crippen LogP contribution is -2.46. The quantitative estimate of drug-likeness (QED) is 0.0245. The second-order valence-corrected chi connectivity index (χ2v) is 18.4. The molecule has 0 heterocycles. The van der Waals surface area contributed by atoms with Gasteiger partial charge in [0.15, 0.2) is 0 Å². The molecule has 6 nitrogen and oxygen atoms in total. The van der Waals surface area contributed by atoms with Crippen molar-refractivity contribution in [1.82, 2.24) is 5.32 Å². The van der Waals surface area contributed by atoms with E-state index in [1.807, 2.05) is 60.8 Å². The first-order valence-electron chi connectivity index (χ1n) is 27.5. The van der Waals surface area contributed by atoms with Gasteiger partial charge in [-0.25, -0.2) is 0 Å². The van der Waals surface area contributed by atoms with Gasteiger partial charge in [0.05, 0.1) is 25.2 Å². The van der Waals surface area contributed by atoms with Crippen LogP contribution < -0.4 is 5.32 Å². The summed E-state index contributed by atoms with van der Waals surface area (Å²) in [6, 6.07) is -0.732. The third kappa shape index (κ3) is 47.3. The van der Waals surface area contributed by atoms with E-state index in [2.05, 4.69) is 62.5 Å². The molecule has 3 atom stereocenters. The van der Waals surface area contributed by atoms with Gasteiger partial charge < -0.3 is 20.3 Å². The molecule has 3 N–H and O–H groups in total. The van der Waals surface area contributed by atoms with Crippen LogP contribution in [0.25, 0.3) is 0 Å². The number of carbonyl (C=O) groups is 2. The van der Waals surface area contributed by atoms with Gasteiger partial charge in [0.1, 0.15) is 6.10 Å². The molecule has 0 aromatic heterocycles. The second kappa shape index (κ2) is 52.7. The van der Waals surface area contributed by atoms with Crippen LogP contribution in [0.3, 0.4) is 0 Å². The number of hydrogen-bond acceptors (Lipinski definition) is 5. The average Bonchev–Trinajstić information content (AvgIpc) is 3.31. The molecule has 0 aliphatic carbocycles. The van der Waals surface area contributed by atoms with Crippen LogP contribution in [0.15, 0.2) is 97.2 Å². The zero-order valence-electron chi connectivity index (χ0n) is 43.0. The van der Waals surface area contributed by atoms with Crippen molar-refractivity contribution >= 4 is 11.9 Å². The van der Waals surface area contributed by atoms with Crippen molar-refractivity contribution in [2.75, 3.05) is 6.61 Å². The minimum atomic E-state index is -0.814. The number of allylic oxidation sites excluding steroid dienone is 16. The van der Waals surface area contributed by atoms with E-state index in [1.54, 1.807) is 0 Å². The summed E-state index contributed by atoms with van der Waals surface area (Å²) >= 11 is 0. The Hall–Kier alpha value is -3.22. The van der Waals surface area contributed by atoms with Crippen LogP contribution in [-0.2, 0) is 14.3 Å². The number of esters is 1. The van der Waals surface area contributed by atoms with Gasteiger partial charge in [-0.2, -0.15) is 0 Å². The van der Waals surface area contributed by atoms with Gasteiger partial charge in [-0.1, -0.05) is 259 Å². The van der Waals surface area contributed by atoms with E-state index in [1.165, 1.54) is 135 Å². The van der Waals surface area contributed by atoms with Crippen molar-refractivity contribution in [3.8, 4) is 0 Å². The third-order valence-electron chi connectivity index (χ3n) is 12.1. The SMILES string of the molecule is CC\C=C/C=C/C=C/C=C\C=C\C=C\CCCC(CC(=O)NC(CO)C(O)CCCCCCCCCCCCCCC)OC(=O)CCCCCCCCCCC/C=C\C/C=C\CCCCC. The first-order chi connectivity index (χ1) is 32.5. The van der Waals surface area contributed by atoms with Crippen LogP contribution in [-0.4, -0.2) is 46.9 Å². The van der Waals surface area contributed by atoms with Crippen LogP contribution in [0.5, 0.6) is 0 Å². The standard InChI is InChI=1S/C60H103NO5/c1-4-7-10-13-16-19-22-25-27-28-29-30-32-35-38-41-44-47-50-53-60(65)66-56(51-48-45-42-39-36-34-31-26-23-20-17-14-11-8-5-2)54-59(64)61-57(55-62)58(63)52-49-46-43-40-37-33-24-21-18-15-12-9-6-3/h8,11,14,16-17,19-20,23,25-27,31,34,36,39,42,56-58,62-63H,4-7,9-10,12-13,15,18,21-22,24,28-30,32-33,35,37-38,40-41,43-55H2,1-3H3,(H,61,64)/b11-8-,17-14+,19-16-,23-20+,27-25-,31-26-,36-34+,42-39+. The minimum absolute atomic E-state index is 0.0204. The molecular formula is C60H103NO5. The van der Waals surface area contributed by atoms with Crippen molar-refractivity contribution in [3.63, 3.8) is 0 Å². The Morgan fingerprint density at radius 3 is 1.41 bits per heavy atom. The predicted octanol–water partition coefficient (Wildman–Crippen LogP) is 16.9. The molecule has 0 aliphatic rings. The lowest BCUT2D eigenvalue weighted by atomic mass is 10.0. The molecule has 1 amide bonds. The molecule has 0 radical (unpaired) electrons. The summed E-state index contributed by atoms with van der Waals surface area (Å²) in [5.74, 6) is -0.556. The lowest BCUT2D eigenvalue weighted by Gasteiger charge is -2.24. The van der Waals surface area contributed by atoms with Crippen molar-refractivity contribution < 1.29 is 24.5 Å².